The Morgan fingerprint density at radius 2 is 2.09 bits per heavy atom. The van der Waals surface area contributed by atoms with Gasteiger partial charge in [-0.1, -0.05) is 6.92 Å². The molecule has 2 saturated heterocycles. The van der Waals surface area contributed by atoms with Crippen molar-refractivity contribution < 1.29 is 14.3 Å². The highest BCUT2D eigenvalue weighted by Crippen LogP contribution is 2.34. The summed E-state index contributed by atoms with van der Waals surface area (Å²) in [6.07, 6.45) is 5.56. The fourth-order valence-electron chi connectivity index (χ4n) is 4.08. The summed E-state index contributed by atoms with van der Waals surface area (Å²) in [7, 11) is 0. The van der Waals surface area contributed by atoms with E-state index in [1.165, 1.54) is 6.42 Å². The smallest absolute Gasteiger partial charge is 0.317 e. The van der Waals surface area contributed by atoms with E-state index < -0.39 is 5.79 Å². The zero-order chi connectivity index (χ0) is 16.3. The van der Waals surface area contributed by atoms with E-state index in [1.54, 1.807) is 0 Å². The molecule has 0 spiro atoms. The van der Waals surface area contributed by atoms with Gasteiger partial charge >= 0.3 is 6.03 Å². The third-order valence-electron chi connectivity index (χ3n) is 5.43. The molecule has 0 aromatic heterocycles. The van der Waals surface area contributed by atoms with Crippen molar-refractivity contribution in [3.8, 4) is 0 Å². The molecule has 3 aliphatic rings. The minimum absolute atomic E-state index is 0.100. The number of likely N-dealkylation sites (tertiary alicyclic amines) is 1. The van der Waals surface area contributed by atoms with E-state index in [0.29, 0.717) is 19.3 Å². The normalized spacial score (nSPS) is 33.8. The van der Waals surface area contributed by atoms with Crippen molar-refractivity contribution in [2.45, 2.75) is 63.0 Å². The molecular formula is C17H30N2O3S. The Morgan fingerprint density at radius 1 is 1.30 bits per heavy atom. The van der Waals surface area contributed by atoms with Gasteiger partial charge in [-0.3, -0.25) is 0 Å². The summed E-state index contributed by atoms with van der Waals surface area (Å²) >= 11 is 2.02. The standard InChI is InChI=1S/C17H30N2O3S/c1-3-23-15-7-6-14(11-15)18-16(20)19-8-4-5-13(12-19)17(2)21-9-10-22-17/h13-15H,3-12H2,1-2H3,(H,18,20)/t13-,14+,15-/m1/s1. The largest absolute Gasteiger partial charge is 0.347 e. The second-order valence-electron chi connectivity index (χ2n) is 7.03. The molecule has 23 heavy (non-hydrogen) atoms. The Bertz CT molecular complexity index is 415. The fourth-order valence-corrected chi connectivity index (χ4v) is 5.22. The van der Waals surface area contributed by atoms with E-state index in [9.17, 15) is 4.79 Å². The van der Waals surface area contributed by atoms with Gasteiger partial charge in [-0.25, -0.2) is 4.79 Å². The van der Waals surface area contributed by atoms with E-state index in [1.807, 2.05) is 23.6 Å². The van der Waals surface area contributed by atoms with Crippen LogP contribution in [0.3, 0.4) is 0 Å². The summed E-state index contributed by atoms with van der Waals surface area (Å²) in [6.45, 7) is 7.14. The van der Waals surface area contributed by atoms with Crippen molar-refractivity contribution in [1.82, 2.24) is 10.2 Å². The second kappa shape index (κ2) is 7.62. The first kappa shape index (κ1) is 17.4. The van der Waals surface area contributed by atoms with Crippen LogP contribution in [0, 0.1) is 5.92 Å². The molecule has 5 nitrogen and oxygen atoms in total. The molecule has 2 aliphatic heterocycles. The molecule has 3 atom stereocenters. The van der Waals surface area contributed by atoms with Crippen LogP contribution < -0.4 is 5.32 Å². The van der Waals surface area contributed by atoms with Crippen LogP contribution in [0.15, 0.2) is 0 Å². The highest BCUT2D eigenvalue weighted by atomic mass is 32.2. The van der Waals surface area contributed by atoms with Crippen molar-refractivity contribution in [2.24, 2.45) is 5.92 Å². The quantitative estimate of drug-likeness (QED) is 0.853. The topological polar surface area (TPSA) is 50.8 Å². The van der Waals surface area contributed by atoms with Crippen LogP contribution in [0.4, 0.5) is 4.79 Å². The Kier molecular flexibility index (Phi) is 5.75. The van der Waals surface area contributed by atoms with E-state index in [4.69, 9.17) is 9.47 Å². The van der Waals surface area contributed by atoms with Gasteiger partial charge in [-0.05, 0) is 44.8 Å². The molecule has 1 aliphatic carbocycles. The number of hydrogen-bond acceptors (Lipinski definition) is 4. The average Bonchev–Trinajstić information content (AvgIpc) is 3.18. The summed E-state index contributed by atoms with van der Waals surface area (Å²) in [5.74, 6) is 0.934. The highest BCUT2D eigenvalue weighted by molar-refractivity contribution is 7.99. The van der Waals surface area contributed by atoms with Crippen molar-refractivity contribution >= 4 is 17.8 Å². The SMILES string of the molecule is CCS[C@@H]1CC[C@H](NC(=O)N2CCC[C@@H](C3(C)OCCO3)C2)C1. The predicted molar refractivity (Wildman–Crippen MR) is 92.7 cm³/mol. The molecule has 2 heterocycles. The lowest BCUT2D eigenvalue weighted by Crippen LogP contribution is -2.52. The number of amides is 2. The van der Waals surface area contributed by atoms with Gasteiger partial charge in [0.15, 0.2) is 5.79 Å². The number of nitrogens with one attached hydrogen (secondary N) is 1. The van der Waals surface area contributed by atoms with Gasteiger partial charge in [0.2, 0.25) is 0 Å². The molecule has 3 rings (SSSR count). The summed E-state index contributed by atoms with van der Waals surface area (Å²) in [4.78, 5) is 14.6. The molecule has 132 valence electrons. The molecule has 1 N–H and O–H groups in total. The van der Waals surface area contributed by atoms with Gasteiger partial charge in [0.05, 0.1) is 13.2 Å². The number of urea groups is 1. The van der Waals surface area contributed by atoms with E-state index >= 15 is 0 Å². The Labute approximate surface area is 143 Å². The molecule has 1 saturated carbocycles. The Morgan fingerprint density at radius 3 is 2.83 bits per heavy atom. The van der Waals surface area contributed by atoms with Crippen molar-refractivity contribution in [2.75, 3.05) is 32.1 Å². The minimum atomic E-state index is -0.505. The summed E-state index contributed by atoms with van der Waals surface area (Å²) in [5, 5.41) is 3.97. The number of rotatable bonds is 4. The number of piperidine rings is 1. The maximum Gasteiger partial charge on any atom is 0.317 e. The second-order valence-corrected chi connectivity index (χ2v) is 8.61. The lowest BCUT2D eigenvalue weighted by atomic mass is 9.90. The lowest BCUT2D eigenvalue weighted by Gasteiger charge is -2.40. The number of hydrogen-bond donors (Lipinski definition) is 1. The van der Waals surface area contributed by atoms with Crippen molar-refractivity contribution in [3.05, 3.63) is 0 Å². The van der Waals surface area contributed by atoms with Gasteiger partial charge in [-0.15, -0.1) is 0 Å². The molecule has 0 radical (unpaired) electrons. The highest BCUT2D eigenvalue weighted by Gasteiger charge is 2.42. The van der Waals surface area contributed by atoms with Crippen LogP contribution in [0.1, 0.15) is 46.0 Å². The molecular weight excluding hydrogens is 312 g/mol. The van der Waals surface area contributed by atoms with E-state index in [0.717, 1.165) is 49.8 Å². The molecule has 3 fully saturated rings. The molecule has 2 amide bonds. The minimum Gasteiger partial charge on any atom is -0.347 e. The van der Waals surface area contributed by atoms with Crippen LogP contribution in [-0.2, 0) is 9.47 Å². The molecule has 0 aromatic rings. The van der Waals surface area contributed by atoms with Crippen LogP contribution in [0.2, 0.25) is 0 Å². The number of carbonyl (C=O) groups excluding carboxylic acids is 1. The van der Waals surface area contributed by atoms with Crippen LogP contribution in [-0.4, -0.2) is 60.1 Å². The monoisotopic (exact) mass is 342 g/mol. The first-order chi connectivity index (χ1) is 11.1. The van der Waals surface area contributed by atoms with Crippen molar-refractivity contribution in [3.63, 3.8) is 0 Å². The maximum absolute atomic E-state index is 12.6. The van der Waals surface area contributed by atoms with E-state index in [2.05, 4.69) is 12.2 Å². The predicted octanol–water partition coefficient (Wildman–Crippen LogP) is 2.85. The Balaban J connectivity index is 1.49. The molecule has 0 aromatic carbocycles. The third kappa shape index (κ3) is 4.15. The van der Waals surface area contributed by atoms with Gasteiger partial charge in [0.1, 0.15) is 0 Å². The van der Waals surface area contributed by atoms with E-state index in [-0.39, 0.29) is 11.9 Å². The number of ether oxygens (including phenoxy) is 2. The van der Waals surface area contributed by atoms with Gasteiger partial charge in [0.25, 0.3) is 0 Å². The average molecular weight is 343 g/mol. The van der Waals surface area contributed by atoms with Gasteiger partial charge < -0.3 is 19.7 Å². The summed E-state index contributed by atoms with van der Waals surface area (Å²) in [6, 6.07) is 0.449. The zero-order valence-corrected chi connectivity index (χ0v) is 15.2. The molecule has 0 bridgehead atoms. The maximum atomic E-state index is 12.6. The molecule has 0 unspecified atom stereocenters. The van der Waals surface area contributed by atoms with Gasteiger partial charge in [0, 0.05) is 30.3 Å². The number of thioether (sulfide) groups is 1. The van der Waals surface area contributed by atoms with Crippen molar-refractivity contribution in [1.29, 1.82) is 0 Å². The zero-order valence-electron chi connectivity index (χ0n) is 14.4. The summed E-state index contributed by atoms with van der Waals surface area (Å²) < 4.78 is 11.6. The summed E-state index contributed by atoms with van der Waals surface area (Å²) in [5.41, 5.74) is 0. The third-order valence-corrected chi connectivity index (χ3v) is 6.66. The number of nitrogens with zero attached hydrogens (tertiary/aromatic N) is 1. The first-order valence-corrected chi connectivity index (χ1v) is 10.1. The fraction of sp³-hybridized carbons (Fsp3) is 0.941. The van der Waals surface area contributed by atoms with Crippen LogP contribution in [0.5, 0.6) is 0 Å². The Hall–Kier alpha value is -0.460. The van der Waals surface area contributed by atoms with Crippen LogP contribution in [0.25, 0.3) is 0 Å². The lowest BCUT2D eigenvalue weighted by molar-refractivity contribution is -0.189. The molecule has 6 heteroatoms. The number of carbonyl (C=O) groups is 1. The van der Waals surface area contributed by atoms with Crippen LogP contribution >= 0.6 is 11.8 Å². The van der Waals surface area contributed by atoms with Gasteiger partial charge in [-0.2, -0.15) is 11.8 Å². The first-order valence-electron chi connectivity index (χ1n) is 9.05.